The van der Waals surface area contributed by atoms with Gasteiger partial charge in [0.05, 0.1) is 5.56 Å². The summed E-state index contributed by atoms with van der Waals surface area (Å²) in [5, 5.41) is 9.01. The van der Waals surface area contributed by atoms with Gasteiger partial charge in [0.1, 0.15) is 0 Å². The van der Waals surface area contributed by atoms with Crippen molar-refractivity contribution >= 4 is 12.2 Å². The van der Waals surface area contributed by atoms with E-state index < -0.39 is 17.8 Å². The molecule has 1 aliphatic carbocycles. The van der Waals surface area contributed by atoms with Crippen LogP contribution >= 0.6 is 0 Å². The standard InChI is InChI=1S/C19H22F3NO2/c20-19(21,22)16-6-5-15(17(12-16)14-3-1-2-4-14)11-13-7-9-23(10-8-13)18(24)25/h5-6,11-12,14H,1-4,7-10H2,(H,24,25). The Morgan fingerprint density at radius 2 is 1.80 bits per heavy atom. The van der Waals surface area contributed by atoms with Gasteiger partial charge in [0.15, 0.2) is 0 Å². The molecule has 6 heteroatoms. The molecule has 0 atom stereocenters. The zero-order valence-corrected chi connectivity index (χ0v) is 14.0. The first kappa shape index (κ1) is 17.8. The normalized spacial score (nSPS) is 19.3. The molecule has 0 aromatic heterocycles. The Morgan fingerprint density at radius 1 is 1.16 bits per heavy atom. The summed E-state index contributed by atoms with van der Waals surface area (Å²) in [7, 11) is 0. The van der Waals surface area contributed by atoms with Crippen LogP contribution in [0.25, 0.3) is 6.08 Å². The highest BCUT2D eigenvalue weighted by Gasteiger charge is 2.32. The fourth-order valence-corrected chi connectivity index (χ4v) is 3.82. The minimum absolute atomic E-state index is 0.188. The van der Waals surface area contributed by atoms with Gasteiger partial charge in [-0.25, -0.2) is 4.79 Å². The molecule has 1 saturated heterocycles. The van der Waals surface area contributed by atoms with Crippen LogP contribution in [0.1, 0.15) is 61.1 Å². The van der Waals surface area contributed by atoms with Crippen molar-refractivity contribution in [2.45, 2.75) is 50.6 Å². The molecule has 0 bridgehead atoms. The Bertz CT molecular complexity index is 666. The quantitative estimate of drug-likeness (QED) is 0.760. The SMILES string of the molecule is O=C(O)N1CCC(=Cc2ccc(C(F)(F)F)cc2C2CCCC2)CC1. The van der Waals surface area contributed by atoms with E-state index in [1.165, 1.54) is 11.0 Å². The summed E-state index contributed by atoms with van der Waals surface area (Å²) in [5.74, 6) is 0.188. The van der Waals surface area contributed by atoms with Crippen molar-refractivity contribution in [2.75, 3.05) is 13.1 Å². The van der Waals surface area contributed by atoms with Crippen LogP contribution in [0.5, 0.6) is 0 Å². The third-order valence-electron chi connectivity index (χ3n) is 5.24. The van der Waals surface area contributed by atoms with Gasteiger partial charge in [0.25, 0.3) is 0 Å². The lowest BCUT2D eigenvalue weighted by Crippen LogP contribution is -2.35. The number of carboxylic acid groups (broad SMARTS) is 1. The number of benzene rings is 1. The molecule has 1 saturated carbocycles. The minimum Gasteiger partial charge on any atom is -0.465 e. The zero-order chi connectivity index (χ0) is 18.0. The van der Waals surface area contributed by atoms with Crippen molar-refractivity contribution in [3.63, 3.8) is 0 Å². The molecule has 25 heavy (non-hydrogen) atoms. The largest absolute Gasteiger partial charge is 0.465 e. The molecular weight excluding hydrogens is 331 g/mol. The fourth-order valence-electron chi connectivity index (χ4n) is 3.82. The summed E-state index contributed by atoms with van der Waals surface area (Å²) < 4.78 is 39.3. The number of alkyl halides is 3. The first-order valence-electron chi connectivity index (χ1n) is 8.73. The maximum Gasteiger partial charge on any atom is 0.416 e. The lowest BCUT2D eigenvalue weighted by Gasteiger charge is -2.26. The lowest BCUT2D eigenvalue weighted by molar-refractivity contribution is -0.137. The van der Waals surface area contributed by atoms with E-state index in [0.29, 0.717) is 25.9 Å². The summed E-state index contributed by atoms with van der Waals surface area (Å²) in [6.07, 6.45) is 2.00. The second kappa shape index (κ2) is 7.10. The molecule has 1 aliphatic heterocycles. The van der Waals surface area contributed by atoms with Crippen molar-refractivity contribution in [3.05, 3.63) is 40.5 Å². The van der Waals surface area contributed by atoms with Gasteiger partial charge in [-0.1, -0.05) is 30.6 Å². The van der Waals surface area contributed by atoms with Crippen LogP contribution in [0.15, 0.2) is 23.8 Å². The second-order valence-electron chi connectivity index (χ2n) is 6.90. The highest BCUT2D eigenvalue weighted by Crippen LogP contribution is 2.40. The third-order valence-corrected chi connectivity index (χ3v) is 5.24. The van der Waals surface area contributed by atoms with Gasteiger partial charge in [-0.2, -0.15) is 13.2 Å². The molecule has 1 aromatic rings. The number of amides is 1. The van der Waals surface area contributed by atoms with Gasteiger partial charge in [-0.3, -0.25) is 0 Å². The van der Waals surface area contributed by atoms with Crippen LogP contribution in [0.4, 0.5) is 18.0 Å². The first-order chi connectivity index (χ1) is 11.8. The van der Waals surface area contributed by atoms with E-state index in [4.69, 9.17) is 5.11 Å². The Morgan fingerprint density at radius 3 is 2.36 bits per heavy atom. The predicted molar refractivity (Wildman–Crippen MR) is 89.5 cm³/mol. The van der Waals surface area contributed by atoms with Crippen molar-refractivity contribution < 1.29 is 23.1 Å². The van der Waals surface area contributed by atoms with E-state index in [-0.39, 0.29) is 5.92 Å². The first-order valence-corrected chi connectivity index (χ1v) is 8.73. The molecule has 3 nitrogen and oxygen atoms in total. The molecule has 2 aliphatic rings. The van der Waals surface area contributed by atoms with Crippen molar-refractivity contribution in [2.24, 2.45) is 0 Å². The smallest absolute Gasteiger partial charge is 0.416 e. The number of likely N-dealkylation sites (tertiary alicyclic amines) is 1. The van der Waals surface area contributed by atoms with Gasteiger partial charge < -0.3 is 10.0 Å². The molecule has 1 N–H and O–H groups in total. The summed E-state index contributed by atoms with van der Waals surface area (Å²) in [5.41, 5.74) is 2.17. The average Bonchev–Trinajstić information content (AvgIpc) is 3.09. The molecule has 0 radical (unpaired) electrons. The zero-order valence-electron chi connectivity index (χ0n) is 14.0. The summed E-state index contributed by atoms with van der Waals surface area (Å²) >= 11 is 0. The number of hydrogen-bond acceptors (Lipinski definition) is 1. The Labute approximate surface area is 145 Å². The Kier molecular flexibility index (Phi) is 5.06. The van der Waals surface area contributed by atoms with Crippen LogP contribution in [-0.4, -0.2) is 29.2 Å². The van der Waals surface area contributed by atoms with Crippen molar-refractivity contribution in [1.29, 1.82) is 0 Å². The third kappa shape index (κ3) is 4.17. The summed E-state index contributed by atoms with van der Waals surface area (Å²) in [4.78, 5) is 12.4. The molecule has 1 aromatic carbocycles. The molecule has 1 heterocycles. The van der Waals surface area contributed by atoms with Gasteiger partial charge >= 0.3 is 12.3 Å². The van der Waals surface area contributed by atoms with E-state index in [2.05, 4.69) is 0 Å². The highest BCUT2D eigenvalue weighted by atomic mass is 19.4. The van der Waals surface area contributed by atoms with Gasteiger partial charge in [-0.05, 0) is 54.9 Å². The van der Waals surface area contributed by atoms with E-state index in [1.54, 1.807) is 6.07 Å². The van der Waals surface area contributed by atoms with Crippen molar-refractivity contribution in [1.82, 2.24) is 4.90 Å². The number of piperidine rings is 1. The number of hydrogen-bond donors (Lipinski definition) is 1. The molecular formula is C19H22F3NO2. The summed E-state index contributed by atoms with van der Waals surface area (Å²) in [6, 6.07) is 4.04. The van der Waals surface area contributed by atoms with Crippen molar-refractivity contribution in [3.8, 4) is 0 Å². The number of halogens is 3. The fraction of sp³-hybridized carbons (Fsp3) is 0.526. The van der Waals surface area contributed by atoms with Gasteiger partial charge in [0.2, 0.25) is 0 Å². The van der Waals surface area contributed by atoms with Gasteiger partial charge in [0, 0.05) is 13.1 Å². The monoisotopic (exact) mass is 353 g/mol. The topological polar surface area (TPSA) is 40.5 Å². The minimum atomic E-state index is -4.33. The molecule has 0 unspecified atom stereocenters. The van der Waals surface area contributed by atoms with Gasteiger partial charge in [-0.15, -0.1) is 0 Å². The average molecular weight is 353 g/mol. The van der Waals surface area contributed by atoms with Crippen LogP contribution in [0, 0.1) is 0 Å². The maximum atomic E-state index is 13.1. The second-order valence-corrected chi connectivity index (χ2v) is 6.90. The lowest BCUT2D eigenvalue weighted by atomic mass is 9.89. The van der Waals surface area contributed by atoms with E-state index in [9.17, 15) is 18.0 Å². The molecule has 3 rings (SSSR count). The Balaban J connectivity index is 1.87. The molecule has 136 valence electrons. The number of rotatable bonds is 2. The van der Waals surface area contributed by atoms with E-state index in [1.807, 2.05) is 6.08 Å². The molecule has 2 fully saturated rings. The van der Waals surface area contributed by atoms with Crippen LogP contribution in [0.3, 0.4) is 0 Å². The molecule has 1 amide bonds. The predicted octanol–water partition coefficient (Wildman–Crippen LogP) is 5.52. The Hall–Kier alpha value is -1.98. The highest BCUT2D eigenvalue weighted by molar-refractivity contribution is 5.66. The van der Waals surface area contributed by atoms with E-state index >= 15 is 0 Å². The maximum absolute atomic E-state index is 13.1. The van der Waals surface area contributed by atoms with Crippen LogP contribution in [-0.2, 0) is 6.18 Å². The molecule has 0 spiro atoms. The van der Waals surface area contributed by atoms with E-state index in [0.717, 1.165) is 48.4 Å². The van der Waals surface area contributed by atoms with Crippen LogP contribution in [0.2, 0.25) is 0 Å². The number of nitrogens with zero attached hydrogens (tertiary/aromatic N) is 1. The van der Waals surface area contributed by atoms with Crippen LogP contribution < -0.4 is 0 Å². The summed E-state index contributed by atoms with van der Waals surface area (Å²) in [6.45, 7) is 0.890. The number of carbonyl (C=O) groups is 1.